The molecule has 1 fully saturated rings. The van der Waals surface area contributed by atoms with Gasteiger partial charge in [-0.2, -0.15) is 13.2 Å². The minimum atomic E-state index is -4.72. The summed E-state index contributed by atoms with van der Waals surface area (Å²) in [6.07, 6.45) is -6.29. The first-order chi connectivity index (χ1) is 15.0. The Bertz CT molecular complexity index is 1080. The summed E-state index contributed by atoms with van der Waals surface area (Å²) in [7, 11) is 1.58. The van der Waals surface area contributed by atoms with Crippen LogP contribution in [0.2, 0.25) is 0 Å². The predicted octanol–water partition coefficient (Wildman–Crippen LogP) is 5.85. The van der Waals surface area contributed by atoms with Crippen molar-refractivity contribution in [1.82, 2.24) is 4.98 Å². The summed E-state index contributed by atoms with van der Waals surface area (Å²) in [5.74, 6) is 0.693. The van der Waals surface area contributed by atoms with Crippen LogP contribution in [0, 0.1) is 6.92 Å². The number of hydrogen-bond acceptors (Lipinski definition) is 5. The molecule has 4 nitrogen and oxygen atoms in total. The molecule has 0 amide bonds. The number of nitrogens with zero attached hydrogens (tertiary/aromatic N) is 1. The molecular weight excluding hydrogens is 439 g/mol. The standard InChI is InChI=1S/C24H24F3NO3S/c1-15-3-5-17(6-4-15)20-19(16-7-9-18(31-2)10-8-16)28-21(32-20)22(29)11-13-23(30,14-12-22)24(25,26)27/h3-10,29-30H,11-14H2,1-2H3/t22-,23-. The highest BCUT2D eigenvalue weighted by Crippen LogP contribution is 2.50. The molecule has 0 bridgehead atoms. The molecule has 1 aliphatic rings. The van der Waals surface area contributed by atoms with Gasteiger partial charge in [-0.05, 0) is 62.4 Å². The van der Waals surface area contributed by atoms with Gasteiger partial charge in [-0.25, -0.2) is 4.98 Å². The quantitative estimate of drug-likeness (QED) is 0.510. The number of halogens is 3. The van der Waals surface area contributed by atoms with E-state index in [1.807, 2.05) is 55.5 Å². The summed E-state index contributed by atoms with van der Waals surface area (Å²) >= 11 is 1.28. The van der Waals surface area contributed by atoms with E-state index < -0.39 is 30.2 Å². The molecule has 0 radical (unpaired) electrons. The zero-order valence-corrected chi connectivity index (χ0v) is 18.6. The van der Waals surface area contributed by atoms with E-state index in [1.165, 1.54) is 11.3 Å². The number of alkyl halides is 3. The number of benzene rings is 2. The first kappa shape index (κ1) is 22.8. The number of hydrogen-bond donors (Lipinski definition) is 2. The molecule has 0 spiro atoms. The summed E-state index contributed by atoms with van der Waals surface area (Å²) in [4.78, 5) is 5.53. The normalized spacial score (nSPS) is 23.8. The van der Waals surface area contributed by atoms with Crippen molar-refractivity contribution in [1.29, 1.82) is 0 Å². The maximum Gasteiger partial charge on any atom is 0.417 e. The summed E-state index contributed by atoms with van der Waals surface area (Å²) < 4.78 is 44.9. The van der Waals surface area contributed by atoms with E-state index in [0.717, 1.165) is 21.6 Å². The van der Waals surface area contributed by atoms with Crippen LogP contribution < -0.4 is 4.74 Å². The van der Waals surface area contributed by atoms with Crippen molar-refractivity contribution in [3.05, 3.63) is 59.1 Å². The van der Waals surface area contributed by atoms with Crippen LogP contribution >= 0.6 is 11.3 Å². The Hall–Kier alpha value is -2.42. The summed E-state index contributed by atoms with van der Waals surface area (Å²) in [6, 6.07) is 15.2. The third-order valence-electron chi connectivity index (χ3n) is 6.13. The molecule has 1 saturated carbocycles. The molecule has 0 unspecified atom stereocenters. The smallest absolute Gasteiger partial charge is 0.417 e. The van der Waals surface area contributed by atoms with Gasteiger partial charge < -0.3 is 14.9 Å². The van der Waals surface area contributed by atoms with E-state index in [4.69, 9.17) is 9.72 Å². The molecular formula is C24H24F3NO3S. The SMILES string of the molecule is COc1ccc(-c2nc([C@]3(O)CC[C@@](O)(C(F)(F)F)CC3)sc2-c2ccc(C)cc2)cc1. The van der Waals surface area contributed by atoms with E-state index in [2.05, 4.69) is 0 Å². The van der Waals surface area contributed by atoms with Crippen molar-refractivity contribution in [3.8, 4) is 27.4 Å². The lowest BCUT2D eigenvalue weighted by Crippen LogP contribution is -2.50. The maximum absolute atomic E-state index is 13.2. The van der Waals surface area contributed by atoms with Crippen LogP contribution in [0.1, 0.15) is 36.3 Å². The van der Waals surface area contributed by atoms with Crippen molar-refractivity contribution in [2.75, 3.05) is 7.11 Å². The van der Waals surface area contributed by atoms with Gasteiger partial charge in [0.05, 0.1) is 17.7 Å². The van der Waals surface area contributed by atoms with Gasteiger partial charge in [0.2, 0.25) is 0 Å². The molecule has 32 heavy (non-hydrogen) atoms. The zero-order valence-electron chi connectivity index (χ0n) is 17.7. The summed E-state index contributed by atoms with van der Waals surface area (Å²) in [5.41, 5.74) is -0.809. The van der Waals surface area contributed by atoms with Gasteiger partial charge in [0, 0.05) is 5.56 Å². The van der Waals surface area contributed by atoms with Crippen molar-refractivity contribution in [2.24, 2.45) is 0 Å². The number of rotatable bonds is 4. The second-order valence-corrected chi connectivity index (χ2v) is 9.35. The fourth-order valence-electron chi connectivity index (χ4n) is 3.94. The van der Waals surface area contributed by atoms with Crippen LogP contribution in [0.3, 0.4) is 0 Å². The molecule has 2 N–H and O–H groups in total. The van der Waals surface area contributed by atoms with Gasteiger partial charge in [0.25, 0.3) is 0 Å². The van der Waals surface area contributed by atoms with E-state index in [0.29, 0.717) is 16.5 Å². The van der Waals surface area contributed by atoms with Crippen molar-refractivity contribution in [2.45, 2.75) is 50.0 Å². The lowest BCUT2D eigenvalue weighted by atomic mass is 9.76. The molecule has 8 heteroatoms. The third kappa shape index (κ3) is 4.14. The average Bonchev–Trinajstić information content (AvgIpc) is 3.22. The van der Waals surface area contributed by atoms with Crippen LogP contribution in [0.15, 0.2) is 48.5 Å². The van der Waals surface area contributed by atoms with Gasteiger partial charge >= 0.3 is 6.18 Å². The van der Waals surface area contributed by atoms with Crippen LogP contribution in [0.4, 0.5) is 13.2 Å². The number of ether oxygens (including phenoxy) is 1. The maximum atomic E-state index is 13.2. The third-order valence-corrected chi connectivity index (χ3v) is 7.43. The molecule has 1 aliphatic carbocycles. The van der Waals surface area contributed by atoms with Crippen molar-refractivity contribution < 1.29 is 28.1 Å². The molecule has 3 aromatic rings. The highest BCUT2D eigenvalue weighted by atomic mass is 32.1. The molecule has 1 heterocycles. The molecule has 2 aromatic carbocycles. The van der Waals surface area contributed by atoms with Gasteiger partial charge in [-0.15, -0.1) is 11.3 Å². The number of thiazole rings is 1. The van der Waals surface area contributed by atoms with Crippen molar-refractivity contribution >= 4 is 11.3 Å². The van der Waals surface area contributed by atoms with Crippen LogP contribution in [0.5, 0.6) is 5.75 Å². The topological polar surface area (TPSA) is 62.6 Å². The average molecular weight is 464 g/mol. The van der Waals surface area contributed by atoms with E-state index in [9.17, 15) is 23.4 Å². The first-order valence-corrected chi connectivity index (χ1v) is 11.1. The van der Waals surface area contributed by atoms with Gasteiger partial charge in [0.1, 0.15) is 16.4 Å². The number of aliphatic hydroxyl groups is 2. The van der Waals surface area contributed by atoms with Crippen molar-refractivity contribution in [3.63, 3.8) is 0 Å². The Balaban J connectivity index is 1.74. The molecule has 0 saturated heterocycles. The lowest BCUT2D eigenvalue weighted by Gasteiger charge is -2.40. The van der Waals surface area contributed by atoms with Crippen LogP contribution in [-0.4, -0.2) is 34.1 Å². The summed E-state index contributed by atoms with van der Waals surface area (Å²) in [6.45, 7) is 1.98. The highest BCUT2D eigenvalue weighted by Gasteiger charge is 2.57. The van der Waals surface area contributed by atoms with Gasteiger partial charge in [0.15, 0.2) is 5.60 Å². The monoisotopic (exact) mass is 463 g/mol. The number of aromatic nitrogens is 1. The first-order valence-electron chi connectivity index (χ1n) is 10.3. The second kappa shape index (κ2) is 8.17. The number of methoxy groups -OCH3 is 1. The Morgan fingerprint density at radius 3 is 2.00 bits per heavy atom. The van der Waals surface area contributed by atoms with E-state index in [1.54, 1.807) is 7.11 Å². The largest absolute Gasteiger partial charge is 0.497 e. The Morgan fingerprint density at radius 2 is 1.47 bits per heavy atom. The van der Waals surface area contributed by atoms with E-state index in [-0.39, 0.29) is 12.8 Å². The lowest BCUT2D eigenvalue weighted by molar-refractivity contribution is -0.279. The second-order valence-electron chi connectivity index (χ2n) is 8.35. The molecule has 0 aliphatic heterocycles. The summed E-state index contributed by atoms with van der Waals surface area (Å²) in [5, 5.41) is 21.6. The molecule has 0 atom stereocenters. The highest BCUT2D eigenvalue weighted by molar-refractivity contribution is 7.15. The minimum absolute atomic E-state index is 0.216. The van der Waals surface area contributed by atoms with Crippen LogP contribution in [0.25, 0.3) is 21.7 Å². The Kier molecular flexibility index (Phi) is 5.81. The molecule has 1 aromatic heterocycles. The fraction of sp³-hybridized carbons (Fsp3) is 0.375. The van der Waals surface area contributed by atoms with Crippen LogP contribution in [-0.2, 0) is 5.60 Å². The number of aryl methyl sites for hydroxylation is 1. The predicted molar refractivity (Wildman–Crippen MR) is 118 cm³/mol. The van der Waals surface area contributed by atoms with Gasteiger partial charge in [-0.1, -0.05) is 29.8 Å². The Morgan fingerprint density at radius 1 is 0.906 bits per heavy atom. The Labute approximate surface area is 188 Å². The zero-order chi connectivity index (χ0) is 23.1. The molecule has 4 rings (SSSR count). The van der Waals surface area contributed by atoms with E-state index >= 15 is 0 Å². The molecule has 170 valence electrons. The fourth-order valence-corrected chi connectivity index (χ4v) is 5.18. The minimum Gasteiger partial charge on any atom is -0.497 e. The van der Waals surface area contributed by atoms with Gasteiger partial charge in [-0.3, -0.25) is 0 Å².